The van der Waals surface area contributed by atoms with Crippen LogP contribution in [-0.2, 0) is 0 Å². The quantitative estimate of drug-likeness (QED) is 0.0460. The number of amides is 1. The number of allylic oxidation sites excluding steroid dienone is 1. The molecule has 0 bridgehead atoms. The second kappa shape index (κ2) is 20.4. The summed E-state index contributed by atoms with van der Waals surface area (Å²) in [5.74, 6) is 0.365. The minimum absolute atomic E-state index is 0.0400. The molecule has 3 aliphatic rings. The number of benzene rings is 3. The molecular formula is C48H56ClF3N8O2S2. The summed E-state index contributed by atoms with van der Waals surface area (Å²) in [7, 11) is 0. The molecule has 4 heterocycles. The second-order valence-corrected chi connectivity index (χ2v) is 20.2. The highest BCUT2D eigenvalue weighted by Crippen LogP contribution is 2.44. The Morgan fingerprint density at radius 2 is 1.77 bits per heavy atom. The number of rotatable bonds is 15. The number of anilines is 2. The van der Waals surface area contributed by atoms with Gasteiger partial charge in [-0.3, -0.25) is 14.4 Å². The Morgan fingerprint density at radius 1 is 0.984 bits per heavy atom. The van der Waals surface area contributed by atoms with Crippen LogP contribution < -0.4 is 25.4 Å². The van der Waals surface area contributed by atoms with Crippen LogP contribution in [0.3, 0.4) is 0 Å². The number of alkyl halides is 3. The number of fused-ring (bicyclic) bond motifs is 1. The number of likely N-dealkylation sites (tertiary alicyclic amines) is 1. The zero-order valence-electron chi connectivity index (χ0n) is 36.3. The first kappa shape index (κ1) is 46.2. The van der Waals surface area contributed by atoms with Gasteiger partial charge in [-0.15, -0.1) is 0 Å². The van der Waals surface area contributed by atoms with Crippen molar-refractivity contribution in [2.75, 3.05) is 69.1 Å². The van der Waals surface area contributed by atoms with Crippen LogP contribution in [-0.4, -0.2) is 96.1 Å². The van der Waals surface area contributed by atoms with Crippen LogP contribution in [0.4, 0.5) is 24.5 Å². The van der Waals surface area contributed by atoms with Crippen molar-refractivity contribution in [2.45, 2.75) is 73.7 Å². The van der Waals surface area contributed by atoms with Gasteiger partial charge in [0.15, 0.2) is 0 Å². The number of aromatic amines is 1. The van der Waals surface area contributed by atoms with Gasteiger partial charge in [-0.1, -0.05) is 43.2 Å². The first-order valence-corrected chi connectivity index (χ1v) is 24.0. The average Bonchev–Trinajstić information content (AvgIpc) is 3.74. The van der Waals surface area contributed by atoms with Gasteiger partial charge in [0.2, 0.25) is 0 Å². The van der Waals surface area contributed by atoms with Gasteiger partial charge >= 0.3 is 5.51 Å². The Bertz CT molecular complexity index is 2430. The fraction of sp³-hybridized carbons (Fsp3) is 0.417. The smallest absolute Gasteiger partial charge is 0.446 e. The highest BCUT2D eigenvalue weighted by atomic mass is 35.5. The molecule has 5 aromatic rings. The van der Waals surface area contributed by atoms with E-state index in [-0.39, 0.29) is 33.7 Å². The van der Waals surface area contributed by atoms with Crippen molar-refractivity contribution in [1.29, 1.82) is 0 Å². The number of piperazine rings is 1. The van der Waals surface area contributed by atoms with Gasteiger partial charge in [0.05, 0.1) is 11.8 Å². The standard InChI is InChI=1S/C48H56ClF3N8O2S2/c1-47(2)16-12-34(41(29-47)32-4-6-35(49)7-5-32)31-59-22-24-60(25-23-59)37-8-10-40(43(27-37)62-38-26-33-13-18-55-45(33)56-30-38)46(61)57-64-39-9-11-42(44(28-39)63-48(50,51)52)54-17-3-19-58-20-14-36(53)15-21-58/h4-11,13,18,26-28,30,36,54H,3,12,14-17,19-25,29,31,53H2,1-2H3,(H,55,56)(H,57,61). The predicted molar refractivity (Wildman–Crippen MR) is 256 cm³/mol. The van der Waals surface area contributed by atoms with Crippen LogP contribution in [0.15, 0.2) is 101 Å². The van der Waals surface area contributed by atoms with E-state index in [0.29, 0.717) is 34.3 Å². The Morgan fingerprint density at radius 3 is 2.53 bits per heavy atom. The predicted octanol–water partition coefficient (Wildman–Crippen LogP) is 11.1. The van der Waals surface area contributed by atoms with Gasteiger partial charge in [0.25, 0.3) is 5.91 Å². The third-order valence-electron chi connectivity index (χ3n) is 12.4. The van der Waals surface area contributed by atoms with E-state index in [9.17, 15) is 18.0 Å². The maximum absolute atomic E-state index is 13.9. The molecule has 0 atom stereocenters. The van der Waals surface area contributed by atoms with Gasteiger partial charge in [-0.05, 0) is 153 Å². The minimum Gasteiger partial charge on any atom is -0.455 e. The summed E-state index contributed by atoms with van der Waals surface area (Å²) in [5, 5.41) is 4.81. The first-order chi connectivity index (χ1) is 30.7. The molecule has 0 unspecified atom stereocenters. The highest BCUT2D eigenvalue weighted by molar-refractivity contribution is 8.00. The molecule has 1 aliphatic carbocycles. The van der Waals surface area contributed by atoms with Crippen LogP contribution >= 0.6 is 35.3 Å². The third-order valence-corrected chi connectivity index (χ3v) is 14.2. The zero-order valence-corrected chi connectivity index (χ0v) is 38.7. The topological polar surface area (TPSA) is 115 Å². The van der Waals surface area contributed by atoms with Crippen molar-refractivity contribution in [2.24, 2.45) is 11.1 Å². The van der Waals surface area contributed by atoms with E-state index < -0.39 is 11.4 Å². The van der Waals surface area contributed by atoms with Crippen molar-refractivity contribution in [1.82, 2.24) is 24.5 Å². The molecule has 16 heteroatoms. The number of nitrogens with two attached hydrogens (primary N) is 1. The summed E-state index contributed by atoms with van der Waals surface area (Å²) in [6.07, 6.45) is 9.39. The Kier molecular flexibility index (Phi) is 14.7. The molecule has 64 heavy (non-hydrogen) atoms. The number of ether oxygens (including phenoxy) is 1. The Hall–Kier alpha value is -4.38. The number of nitrogens with one attached hydrogen (secondary N) is 3. The number of hydrogen-bond acceptors (Lipinski definition) is 10. The minimum atomic E-state index is -4.49. The van der Waals surface area contributed by atoms with Gasteiger partial charge in [-0.25, -0.2) is 4.98 Å². The average molecular weight is 934 g/mol. The second-order valence-electron chi connectivity index (χ2n) is 17.8. The van der Waals surface area contributed by atoms with Crippen molar-refractivity contribution < 1.29 is 22.7 Å². The number of H-pyrrole nitrogens is 1. The molecule has 10 nitrogen and oxygen atoms in total. The summed E-state index contributed by atoms with van der Waals surface area (Å²) < 4.78 is 50.5. The van der Waals surface area contributed by atoms with Crippen molar-refractivity contribution in [3.05, 3.63) is 107 Å². The number of nitrogens with zero attached hydrogens (tertiary/aromatic N) is 4. The highest BCUT2D eigenvalue weighted by Gasteiger charge is 2.32. The lowest BCUT2D eigenvalue weighted by molar-refractivity contribution is -0.0328. The molecule has 2 fully saturated rings. The number of aromatic nitrogens is 2. The normalized spacial score (nSPS) is 17.8. The molecule has 8 rings (SSSR count). The molecule has 0 radical (unpaired) electrons. The van der Waals surface area contributed by atoms with Crippen LogP contribution in [0.5, 0.6) is 11.5 Å². The van der Waals surface area contributed by atoms with E-state index in [0.717, 1.165) is 119 Å². The lowest BCUT2D eigenvalue weighted by Gasteiger charge is -2.39. The van der Waals surface area contributed by atoms with Crippen LogP contribution in [0.1, 0.15) is 68.3 Å². The van der Waals surface area contributed by atoms with E-state index >= 15 is 0 Å². The van der Waals surface area contributed by atoms with Crippen molar-refractivity contribution >= 4 is 69.2 Å². The molecule has 2 aromatic heterocycles. The molecule has 2 saturated heterocycles. The van der Waals surface area contributed by atoms with E-state index in [2.05, 4.69) is 60.7 Å². The maximum Gasteiger partial charge on any atom is 0.446 e. The number of piperidine rings is 1. The number of carbonyl (C=O) groups is 1. The van der Waals surface area contributed by atoms with Crippen LogP contribution in [0.25, 0.3) is 16.6 Å². The Labute approximate surface area is 387 Å². The third kappa shape index (κ3) is 12.3. The lowest BCUT2D eigenvalue weighted by atomic mass is 9.72. The number of carbonyl (C=O) groups excluding carboxylic acids is 1. The molecule has 3 aromatic carbocycles. The number of hydrogen-bond donors (Lipinski definition) is 4. The molecule has 0 spiro atoms. The molecule has 1 amide bonds. The molecular weight excluding hydrogens is 877 g/mol. The Balaban J connectivity index is 0.947. The number of halogens is 4. The summed E-state index contributed by atoms with van der Waals surface area (Å²) in [5.41, 5.74) is 8.30. The van der Waals surface area contributed by atoms with Crippen molar-refractivity contribution in [3.8, 4) is 11.5 Å². The molecule has 340 valence electrons. The first-order valence-electron chi connectivity index (χ1n) is 22.0. The van der Waals surface area contributed by atoms with Gasteiger partial charge in [0, 0.05) is 89.1 Å². The fourth-order valence-corrected chi connectivity index (χ4v) is 10.3. The van der Waals surface area contributed by atoms with Crippen LogP contribution in [0.2, 0.25) is 5.02 Å². The summed E-state index contributed by atoms with van der Waals surface area (Å²) >= 11 is 7.05. The fourth-order valence-electron chi connectivity index (χ4n) is 8.76. The van der Waals surface area contributed by atoms with Crippen LogP contribution in [0, 0.1) is 5.41 Å². The molecule has 2 aliphatic heterocycles. The van der Waals surface area contributed by atoms with E-state index in [4.69, 9.17) is 22.1 Å². The lowest BCUT2D eigenvalue weighted by Crippen LogP contribution is -2.47. The molecule has 0 saturated carbocycles. The van der Waals surface area contributed by atoms with E-state index in [1.807, 2.05) is 36.4 Å². The number of thioether (sulfide) groups is 1. The number of pyridine rings is 1. The van der Waals surface area contributed by atoms with E-state index in [1.54, 1.807) is 30.6 Å². The largest absolute Gasteiger partial charge is 0.455 e. The van der Waals surface area contributed by atoms with Gasteiger partial charge in [0.1, 0.15) is 17.1 Å². The van der Waals surface area contributed by atoms with E-state index in [1.165, 1.54) is 22.8 Å². The SMILES string of the molecule is CC1(C)CCC(CN2CCN(c3ccc(C(=O)NSc4ccc(NCCCN5CCC(N)CC5)c(SC(F)(F)F)c4)c(Oc4cnc5[nH]ccc5c4)c3)CC2)=C(c2ccc(Cl)cc2)C1. The van der Waals surface area contributed by atoms with Gasteiger partial charge < -0.3 is 30.6 Å². The van der Waals surface area contributed by atoms with Crippen molar-refractivity contribution in [3.63, 3.8) is 0 Å². The van der Waals surface area contributed by atoms with Gasteiger partial charge in [-0.2, -0.15) is 13.2 Å². The molecule has 5 N–H and O–H groups in total. The summed E-state index contributed by atoms with van der Waals surface area (Å²) in [6.45, 7) is 12.2. The summed E-state index contributed by atoms with van der Waals surface area (Å²) in [6, 6.07) is 22.6. The monoisotopic (exact) mass is 932 g/mol. The zero-order chi connectivity index (χ0) is 44.8. The maximum atomic E-state index is 13.9. The summed E-state index contributed by atoms with van der Waals surface area (Å²) in [4.78, 5) is 29.2.